The SMILES string of the molecule is CCOc1c(Br)cc(/C=C2/SC(=S)N(c3cccc(C(=O)O)c3)C2=O)cc1OC. The summed E-state index contributed by atoms with van der Waals surface area (Å²) in [6, 6.07) is 9.71. The molecule has 0 aliphatic carbocycles. The molecule has 1 amide bonds. The summed E-state index contributed by atoms with van der Waals surface area (Å²) in [6.45, 7) is 2.37. The summed E-state index contributed by atoms with van der Waals surface area (Å²) in [5, 5.41) is 9.19. The van der Waals surface area contributed by atoms with Gasteiger partial charge in [0.1, 0.15) is 0 Å². The second-order valence-corrected chi connectivity index (χ2v) is 8.37. The lowest BCUT2D eigenvalue weighted by Crippen LogP contribution is -2.27. The maximum absolute atomic E-state index is 12.9. The summed E-state index contributed by atoms with van der Waals surface area (Å²) in [7, 11) is 1.54. The molecule has 1 saturated heterocycles. The highest BCUT2D eigenvalue weighted by Gasteiger charge is 2.33. The fourth-order valence-corrected chi connectivity index (χ4v) is 4.60. The summed E-state index contributed by atoms with van der Waals surface area (Å²) in [4.78, 5) is 25.9. The molecule has 1 fully saturated rings. The molecule has 1 aliphatic rings. The Kier molecular flexibility index (Phi) is 6.61. The zero-order valence-corrected chi connectivity index (χ0v) is 18.7. The molecule has 29 heavy (non-hydrogen) atoms. The number of hydrogen-bond acceptors (Lipinski definition) is 6. The van der Waals surface area contributed by atoms with Crippen molar-refractivity contribution in [2.24, 2.45) is 0 Å². The Labute approximate surface area is 185 Å². The minimum Gasteiger partial charge on any atom is -0.493 e. The molecule has 3 rings (SSSR count). The standard InChI is InChI=1S/C20H16BrNO5S2/c1-3-27-17-14(21)7-11(8-15(17)26-2)9-16-18(23)22(20(28)29-16)13-6-4-5-12(10-13)19(24)25/h4-10H,3H2,1-2H3,(H,24,25)/b16-9+. The van der Waals surface area contributed by atoms with Crippen LogP contribution in [-0.4, -0.2) is 35.0 Å². The van der Waals surface area contributed by atoms with E-state index in [1.807, 2.05) is 13.0 Å². The van der Waals surface area contributed by atoms with Crippen molar-refractivity contribution in [2.45, 2.75) is 6.92 Å². The Hall–Kier alpha value is -2.36. The first kappa shape index (κ1) is 21.4. The zero-order valence-electron chi connectivity index (χ0n) is 15.5. The van der Waals surface area contributed by atoms with Crippen LogP contribution in [0.1, 0.15) is 22.8 Å². The van der Waals surface area contributed by atoms with Crippen LogP contribution < -0.4 is 14.4 Å². The van der Waals surface area contributed by atoms with Crippen LogP contribution in [0.5, 0.6) is 11.5 Å². The highest BCUT2D eigenvalue weighted by atomic mass is 79.9. The van der Waals surface area contributed by atoms with E-state index in [0.717, 1.165) is 17.3 Å². The maximum Gasteiger partial charge on any atom is 0.335 e. The smallest absolute Gasteiger partial charge is 0.335 e. The molecule has 0 aromatic heterocycles. The molecule has 6 nitrogen and oxygen atoms in total. The van der Waals surface area contributed by atoms with E-state index in [-0.39, 0.29) is 11.5 Å². The Balaban J connectivity index is 1.95. The van der Waals surface area contributed by atoms with Gasteiger partial charge in [0, 0.05) is 0 Å². The van der Waals surface area contributed by atoms with Gasteiger partial charge in [0.2, 0.25) is 0 Å². The molecule has 1 heterocycles. The van der Waals surface area contributed by atoms with Crippen LogP contribution in [0.3, 0.4) is 0 Å². The third kappa shape index (κ3) is 4.47. The number of thioether (sulfide) groups is 1. The van der Waals surface area contributed by atoms with Crippen molar-refractivity contribution in [3.63, 3.8) is 0 Å². The summed E-state index contributed by atoms with van der Waals surface area (Å²) in [5.41, 5.74) is 1.24. The van der Waals surface area contributed by atoms with E-state index >= 15 is 0 Å². The summed E-state index contributed by atoms with van der Waals surface area (Å²) in [5.74, 6) is -0.257. The normalized spacial score (nSPS) is 15.1. The van der Waals surface area contributed by atoms with Crippen molar-refractivity contribution in [1.82, 2.24) is 0 Å². The van der Waals surface area contributed by atoms with Crippen LogP contribution in [0.2, 0.25) is 0 Å². The van der Waals surface area contributed by atoms with E-state index in [9.17, 15) is 14.7 Å². The lowest BCUT2D eigenvalue weighted by atomic mass is 10.1. The fourth-order valence-electron chi connectivity index (χ4n) is 2.73. The molecular formula is C20H16BrNO5S2. The number of rotatable bonds is 6. The van der Waals surface area contributed by atoms with Gasteiger partial charge in [-0.05, 0) is 64.8 Å². The molecule has 1 N–H and O–H groups in total. The number of ether oxygens (including phenoxy) is 2. The number of amides is 1. The number of carboxylic acid groups (broad SMARTS) is 1. The second kappa shape index (κ2) is 8.98. The molecule has 0 unspecified atom stereocenters. The average molecular weight is 494 g/mol. The van der Waals surface area contributed by atoms with Crippen LogP contribution in [-0.2, 0) is 4.79 Å². The van der Waals surface area contributed by atoms with Crippen molar-refractivity contribution in [2.75, 3.05) is 18.6 Å². The largest absolute Gasteiger partial charge is 0.493 e. The van der Waals surface area contributed by atoms with Gasteiger partial charge in [0.15, 0.2) is 15.8 Å². The first-order valence-electron chi connectivity index (χ1n) is 8.47. The number of carbonyl (C=O) groups excluding carboxylic acids is 1. The van der Waals surface area contributed by atoms with Crippen molar-refractivity contribution >= 4 is 67.9 Å². The van der Waals surface area contributed by atoms with Gasteiger partial charge in [-0.3, -0.25) is 9.69 Å². The molecule has 2 aromatic carbocycles. The molecule has 0 atom stereocenters. The quantitative estimate of drug-likeness (QED) is 0.450. The van der Waals surface area contributed by atoms with Crippen LogP contribution in [0.15, 0.2) is 45.8 Å². The minimum atomic E-state index is -1.07. The van der Waals surface area contributed by atoms with Crippen molar-refractivity contribution in [3.05, 3.63) is 56.9 Å². The third-order valence-corrected chi connectivity index (χ3v) is 5.87. The van der Waals surface area contributed by atoms with E-state index in [0.29, 0.717) is 37.5 Å². The van der Waals surface area contributed by atoms with Gasteiger partial charge in [-0.15, -0.1) is 0 Å². The number of carbonyl (C=O) groups is 2. The van der Waals surface area contributed by atoms with Gasteiger partial charge >= 0.3 is 5.97 Å². The van der Waals surface area contributed by atoms with Crippen molar-refractivity contribution in [1.29, 1.82) is 0 Å². The molecule has 2 aromatic rings. The van der Waals surface area contributed by atoms with Gasteiger partial charge < -0.3 is 14.6 Å². The van der Waals surface area contributed by atoms with Crippen molar-refractivity contribution in [3.8, 4) is 11.5 Å². The third-order valence-electron chi connectivity index (χ3n) is 3.98. The molecule has 0 spiro atoms. The highest BCUT2D eigenvalue weighted by molar-refractivity contribution is 9.10. The zero-order chi connectivity index (χ0) is 21.1. The predicted molar refractivity (Wildman–Crippen MR) is 121 cm³/mol. The second-order valence-electron chi connectivity index (χ2n) is 5.84. The molecule has 0 radical (unpaired) electrons. The first-order chi connectivity index (χ1) is 13.8. The Bertz CT molecular complexity index is 1040. The topological polar surface area (TPSA) is 76.1 Å². The molecule has 0 bridgehead atoms. The number of aromatic carboxylic acids is 1. The van der Waals surface area contributed by atoms with E-state index in [1.165, 1.54) is 17.0 Å². The number of hydrogen-bond donors (Lipinski definition) is 1. The maximum atomic E-state index is 12.9. The number of benzene rings is 2. The summed E-state index contributed by atoms with van der Waals surface area (Å²) >= 11 is 9.98. The first-order valence-corrected chi connectivity index (χ1v) is 10.5. The molecular weight excluding hydrogens is 478 g/mol. The highest BCUT2D eigenvalue weighted by Crippen LogP contribution is 2.40. The monoisotopic (exact) mass is 493 g/mol. The number of methoxy groups -OCH3 is 1. The van der Waals surface area contributed by atoms with E-state index in [1.54, 1.807) is 31.4 Å². The lowest BCUT2D eigenvalue weighted by Gasteiger charge is -2.15. The number of anilines is 1. The lowest BCUT2D eigenvalue weighted by molar-refractivity contribution is -0.113. The molecule has 9 heteroatoms. The van der Waals surface area contributed by atoms with Crippen LogP contribution in [0.4, 0.5) is 5.69 Å². The van der Waals surface area contributed by atoms with Gasteiger partial charge in [-0.1, -0.05) is 30.0 Å². The molecule has 1 aliphatic heterocycles. The average Bonchev–Trinajstić information content (AvgIpc) is 2.96. The van der Waals surface area contributed by atoms with E-state index in [2.05, 4.69) is 15.9 Å². The summed E-state index contributed by atoms with van der Waals surface area (Å²) < 4.78 is 12.0. The summed E-state index contributed by atoms with van der Waals surface area (Å²) in [6.07, 6.45) is 1.71. The number of thiocarbonyl (C=S) groups is 1. The van der Waals surface area contributed by atoms with Gasteiger partial charge in [0.25, 0.3) is 5.91 Å². The molecule has 150 valence electrons. The van der Waals surface area contributed by atoms with Gasteiger partial charge in [0.05, 0.1) is 34.3 Å². The number of nitrogens with zero attached hydrogens (tertiary/aromatic N) is 1. The Morgan fingerprint density at radius 3 is 2.76 bits per heavy atom. The van der Waals surface area contributed by atoms with E-state index in [4.69, 9.17) is 21.7 Å². The Morgan fingerprint density at radius 1 is 1.34 bits per heavy atom. The van der Waals surface area contributed by atoms with Gasteiger partial charge in [-0.25, -0.2) is 4.79 Å². The van der Waals surface area contributed by atoms with Gasteiger partial charge in [-0.2, -0.15) is 0 Å². The Morgan fingerprint density at radius 2 is 2.10 bits per heavy atom. The van der Waals surface area contributed by atoms with Crippen molar-refractivity contribution < 1.29 is 24.2 Å². The number of carboxylic acids is 1. The predicted octanol–water partition coefficient (Wildman–Crippen LogP) is 4.96. The number of halogens is 1. The minimum absolute atomic E-state index is 0.0840. The van der Waals surface area contributed by atoms with Crippen LogP contribution in [0.25, 0.3) is 6.08 Å². The van der Waals surface area contributed by atoms with Crippen LogP contribution in [0, 0.1) is 0 Å². The van der Waals surface area contributed by atoms with Crippen LogP contribution >= 0.6 is 39.9 Å². The van der Waals surface area contributed by atoms with E-state index < -0.39 is 5.97 Å². The fraction of sp³-hybridized carbons (Fsp3) is 0.150. The molecule has 0 saturated carbocycles.